The molecule has 0 radical (unpaired) electrons. The van der Waals surface area contributed by atoms with Crippen molar-refractivity contribution in [2.24, 2.45) is 5.10 Å². The second-order valence-electron chi connectivity index (χ2n) is 7.61. The maximum Gasteiger partial charge on any atom is 0.416 e. The smallest absolute Gasteiger partial charge is 0.416 e. The number of hydrogen-bond donors (Lipinski definition) is 3. The lowest BCUT2D eigenvalue weighted by Gasteiger charge is -2.14. The van der Waals surface area contributed by atoms with Crippen LogP contribution in [0.2, 0.25) is 10.0 Å². The van der Waals surface area contributed by atoms with Gasteiger partial charge in [0.15, 0.2) is 18.1 Å². The number of nitrogens with zero attached hydrogens (tertiary/aromatic N) is 1. The molecule has 3 N–H and O–H groups in total. The Morgan fingerprint density at radius 1 is 0.949 bits per heavy atom. The number of hydrazone groups is 1. The van der Waals surface area contributed by atoms with Gasteiger partial charge in [-0.25, -0.2) is 5.43 Å². The van der Waals surface area contributed by atoms with E-state index in [0.717, 1.165) is 18.2 Å². The highest BCUT2D eigenvalue weighted by atomic mass is 35.5. The first-order chi connectivity index (χ1) is 18.5. The van der Waals surface area contributed by atoms with Crippen molar-refractivity contribution in [3.63, 3.8) is 0 Å². The SMILES string of the molecule is COc1cc(/C=N\NC(=O)C(=O)Nc2cccc(Cl)c2)cc(Cl)c1OCC(=O)Nc1cccc(C(F)(F)F)c1. The van der Waals surface area contributed by atoms with Crippen LogP contribution in [-0.2, 0) is 20.6 Å². The van der Waals surface area contributed by atoms with Crippen LogP contribution in [0.5, 0.6) is 11.5 Å². The fourth-order valence-electron chi connectivity index (χ4n) is 3.03. The standard InChI is InChI=1S/C25H19Cl2F3N4O5/c1-38-20-9-14(12-31-34-24(37)23(36)33-18-7-3-5-16(26)11-18)8-19(27)22(20)39-13-21(35)32-17-6-2-4-15(10-17)25(28,29)30/h2-12H,13H2,1H3,(H,32,35)(H,33,36)(H,34,37)/b31-12-. The van der Waals surface area contributed by atoms with Gasteiger partial charge >= 0.3 is 18.0 Å². The summed E-state index contributed by atoms with van der Waals surface area (Å²) in [6.07, 6.45) is -3.38. The largest absolute Gasteiger partial charge is 0.493 e. The maximum absolute atomic E-state index is 12.9. The van der Waals surface area contributed by atoms with Gasteiger partial charge in [0.1, 0.15) is 0 Å². The van der Waals surface area contributed by atoms with Crippen molar-refractivity contribution in [2.75, 3.05) is 24.4 Å². The predicted molar refractivity (Wildman–Crippen MR) is 139 cm³/mol. The Bertz CT molecular complexity index is 1420. The molecular formula is C25H19Cl2F3N4O5. The highest BCUT2D eigenvalue weighted by Gasteiger charge is 2.30. The Labute approximate surface area is 229 Å². The Hall–Kier alpha value is -4.29. The molecule has 0 aliphatic carbocycles. The molecule has 9 nitrogen and oxygen atoms in total. The van der Waals surface area contributed by atoms with Gasteiger partial charge in [0.2, 0.25) is 0 Å². The number of carbonyl (C=O) groups excluding carboxylic acids is 3. The molecule has 0 aliphatic heterocycles. The molecule has 0 heterocycles. The minimum absolute atomic E-state index is 0.00712. The van der Waals surface area contributed by atoms with Crippen LogP contribution >= 0.6 is 23.2 Å². The summed E-state index contributed by atoms with van der Waals surface area (Å²) in [6.45, 7) is -0.586. The van der Waals surface area contributed by atoms with E-state index in [1.54, 1.807) is 18.2 Å². The molecule has 0 bridgehead atoms. The molecule has 3 aromatic carbocycles. The first-order valence-corrected chi connectivity index (χ1v) is 11.6. The topological polar surface area (TPSA) is 118 Å². The van der Waals surface area contributed by atoms with Crippen LogP contribution < -0.4 is 25.5 Å². The molecule has 3 aromatic rings. The van der Waals surface area contributed by atoms with Gasteiger partial charge in [0.05, 0.1) is 23.9 Å². The van der Waals surface area contributed by atoms with Crippen LogP contribution in [0.3, 0.4) is 0 Å². The predicted octanol–water partition coefficient (Wildman–Crippen LogP) is 5.13. The number of anilines is 2. The van der Waals surface area contributed by atoms with E-state index in [0.29, 0.717) is 16.3 Å². The van der Waals surface area contributed by atoms with Gasteiger partial charge in [-0.2, -0.15) is 18.3 Å². The van der Waals surface area contributed by atoms with E-state index in [9.17, 15) is 27.6 Å². The van der Waals surface area contributed by atoms with Crippen molar-refractivity contribution in [2.45, 2.75) is 6.18 Å². The third-order valence-electron chi connectivity index (χ3n) is 4.74. The quantitative estimate of drug-likeness (QED) is 0.193. The summed E-state index contributed by atoms with van der Waals surface area (Å²) in [6, 6.07) is 13.1. The average molecular weight is 583 g/mol. The lowest BCUT2D eigenvalue weighted by molar-refractivity contribution is -0.137. The number of rotatable bonds is 8. The van der Waals surface area contributed by atoms with Gasteiger partial charge in [-0.05, 0) is 54.1 Å². The van der Waals surface area contributed by atoms with Gasteiger partial charge in [0.25, 0.3) is 5.91 Å². The summed E-state index contributed by atoms with van der Waals surface area (Å²) in [5, 5.41) is 8.76. The summed E-state index contributed by atoms with van der Waals surface area (Å²) in [5.74, 6) is -2.67. The molecule has 39 heavy (non-hydrogen) atoms. The molecular weight excluding hydrogens is 564 g/mol. The zero-order valence-electron chi connectivity index (χ0n) is 19.9. The van der Waals surface area contributed by atoms with E-state index < -0.39 is 36.1 Å². The van der Waals surface area contributed by atoms with Gasteiger partial charge in [-0.15, -0.1) is 0 Å². The van der Waals surface area contributed by atoms with Gasteiger partial charge in [-0.1, -0.05) is 35.3 Å². The molecule has 0 spiro atoms. The first kappa shape index (κ1) is 29.3. The monoisotopic (exact) mass is 582 g/mol. The Morgan fingerprint density at radius 2 is 1.64 bits per heavy atom. The van der Waals surface area contributed by atoms with Crippen molar-refractivity contribution in [3.8, 4) is 11.5 Å². The molecule has 0 aromatic heterocycles. The van der Waals surface area contributed by atoms with E-state index in [1.165, 1.54) is 37.6 Å². The minimum Gasteiger partial charge on any atom is -0.493 e. The van der Waals surface area contributed by atoms with Gasteiger partial charge < -0.3 is 20.1 Å². The lowest BCUT2D eigenvalue weighted by Crippen LogP contribution is -2.32. The second kappa shape index (κ2) is 13.0. The number of methoxy groups -OCH3 is 1. The van der Waals surface area contributed by atoms with Crippen molar-refractivity contribution >= 4 is 58.5 Å². The maximum atomic E-state index is 12.9. The zero-order chi connectivity index (χ0) is 28.6. The third kappa shape index (κ3) is 8.62. The fourth-order valence-corrected chi connectivity index (χ4v) is 3.50. The molecule has 204 valence electrons. The van der Waals surface area contributed by atoms with Crippen LogP contribution in [0.15, 0.2) is 65.8 Å². The Morgan fingerprint density at radius 3 is 2.31 bits per heavy atom. The normalized spacial score (nSPS) is 11.1. The first-order valence-electron chi connectivity index (χ1n) is 10.8. The van der Waals surface area contributed by atoms with E-state index in [1.807, 2.05) is 0 Å². The van der Waals surface area contributed by atoms with Crippen LogP contribution in [0.4, 0.5) is 24.5 Å². The van der Waals surface area contributed by atoms with Crippen molar-refractivity contribution in [3.05, 3.63) is 81.8 Å². The number of nitrogens with one attached hydrogen (secondary N) is 3. The van der Waals surface area contributed by atoms with Crippen molar-refractivity contribution in [1.82, 2.24) is 5.43 Å². The summed E-state index contributed by atoms with van der Waals surface area (Å²) in [4.78, 5) is 36.2. The summed E-state index contributed by atoms with van der Waals surface area (Å²) in [5.41, 5.74) is 1.74. The molecule has 3 rings (SSSR count). The van der Waals surface area contributed by atoms with Crippen LogP contribution in [0.1, 0.15) is 11.1 Å². The number of ether oxygens (including phenoxy) is 2. The molecule has 0 aliphatic rings. The molecule has 0 atom stereocenters. The fraction of sp³-hybridized carbons (Fsp3) is 0.120. The van der Waals surface area contributed by atoms with E-state index in [4.69, 9.17) is 32.7 Å². The molecule has 0 saturated carbocycles. The van der Waals surface area contributed by atoms with Crippen molar-refractivity contribution in [1.29, 1.82) is 0 Å². The summed E-state index contributed by atoms with van der Waals surface area (Å²) >= 11 is 12.1. The van der Waals surface area contributed by atoms with Crippen molar-refractivity contribution < 1.29 is 37.0 Å². The molecule has 0 saturated heterocycles. The van der Waals surface area contributed by atoms with Gasteiger partial charge in [0, 0.05) is 16.4 Å². The summed E-state index contributed by atoms with van der Waals surface area (Å²) in [7, 11) is 1.31. The minimum atomic E-state index is -4.56. The lowest BCUT2D eigenvalue weighted by atomic mass is 10.2. The summed E-state index contributed by atoms with van der Waals surface area (Å²) < 4.78 is 49.2. The second-order valence-corrected chi connectivity index (χ2v) is 8.46. The van der Waals surface area contributed by atoms with Crippen LogP contribution in [0.25, 0.3) is 0 Å². The number of benzene rings is 3. The molecule has 3 amide bonds. The van der Waals surface area contributed by atoms with Crippen LogP contribution in [0, 0.1) is 0 Å². The Kier molecular flexibility index (Phi) is 9.74. The van der Waals surface area contributed by atoms with Crippen LogP contribution in [-0.4, -0.2) is 37.7 Å². The molecule has 0 fully saturated rings. The molecule has 0 unspecified atom stereocenters. The van der Waals surface area contributed by atoms with E-state index in [2.05, 4.69) is 21.2 Å². The number of amides is 3. The van der Waals surface area contributed by atoms with Gasteiger partial charge in [-0.3, -0.25) is 14.4 Å². The molecule has 14 heteroatoms. The highest BCUT2D eigenvalue weighted by molar-refractivity contribution is 6.39. The number of hydrogen-bond acceptors (Lipinski definition) is 6. The third-order valence-corrected chi connectivity index (χ3v) is 5.26. The average Bonchev–Trinajstić information content (AvgIpc) is 2.87. The number of carbonyl (C=O) groups is 3. The van der Waals surface area contributed by atoms with E-state index in [-0.39, 0.29) is 22.2 Å². The number of halogens is 5. The Balaban J connectivity index is 1.59. The zero-order valence-corrected chi connectivity index (χ0v) is 21.4. The highest BCUT2D eigenvalue weighted by Crippen LogP contribution is 2.36. The number of alkyl halides is 3. The van der Waals surface area contributed by atoms with E-state index >= 15 is 0 Å².